The van der Waals surface area contributed by atoms with Crippen LogP contribution < -0.4 is 16.6 Å². The normalized spacial score (nSPS) is 9.20. The number of carbonyl (C=O) groups is 1. The number of benzene rings is 2. The van der Waals surface area contributed by atoms with Crippen LogP contribution in [0.25, 0.3) is 0 Å². The largest absolute Gasteiger partial charge is 0.410 e. The lowest BCUT2D eigenvalue weighted by molar-refractivity contribution is 0.0981. The minimum absolute atomic E-state index is 0. The Morgan fingerprint density at radius 1 is 1.00 bits per heavy atom. The number of carbonyl (C=O) groups excluding carboxylic acids is 1. The van der Waals surface area contributed by atoms with Crippen molar-refractivity contribution in [3.63, 3.8) is 0 Å². The molecule has 0 aliphatic carbocycles. The molecule has 2 rings (SSSR count). The van der Waals surface area contributed by atoms with Crippen molar-refractivity contribution >= 4 is 40.8 Å². The number of nitrogens with one attached hydrogen (secondary N) is 1. The van der Waals surface area contributed by atoms with E-state index in [1.54, 1.807) is 24.3 Å². The fraction of sp³-hybridized carbons (Fsp3) is 0. The molecule has 5 N–H and O–H groups in total. The number of hydrazine groups is 1. The van der Waals surface area contributed by atoms with E-state index in [0.717, 1.165) is 0 Å². The van der Waals surface area contributed by atoms with E-state index in [-0.39, 0.29) is 16.4 Å². The predicted octanol–water partition coefficient (Wildman–Crippen LogP) is 3.05. The van der Waals surface area contributed by atoms with Gasteiger partial charge in [-0.1, -0.05) is 36.4 Å². The topological polar surface area (TPSA) is 68.8 Å². The first-order valence-corrected chi connectivity index (χ1v) is 6.42. The Bertz CT molecular complexity index is 575. The summed E-state index contributed by atoms with van der Waals surface area (Å²) in [6.07, 6.45) is 0. The van der Waals surface area contributed by atoms with Crippen molar-refractivity contribution in [3.8, 4) is 0 Å². The van der Waals surface area contributed by atoms with Gasteiger partial charge in [-0.05, 0) is 28.6 Å². The van der Waals surface area contributed by atoms with Crippen molar-refractivity contribution in [3.05, 3.63) is 66.2 Å². The number of nitrogens with zero attached hydrogens (tertiary/aromatic N) is 1. The van der Waals surface area contributed by atoms with Crippen LogP contribution in [-0.2, 0) is 12.6 Å². The quantitative estimate of drug-likeness (QED) is 0.508. The fourth-order valence-electron chi connectivity index (χ4n) is 1.61. The van der Waals surface area contributed by atoms with Crippen LogP contribution in [0.4, 0.5) is 5.69 Å². The molecule has 0 saturated carbocycles. The molecule has 6 heteroatoms. The summed E-state index contributed by atoms with van der Waals surface area (Å²) in [6.45, 7) is 0. The van der Waals surface area contributed by atoms with Gasteiger partial charge in [0.25, 0.3) is 5.91 Å². The second-order valence-electron chi connectivity index (χ2n) is 3.74. The van der Waals surface area contributed by atoms with Gasteiger partial charge in [-0.2, -0.15) is 0 Å². The maximum absolute atomic E-state index is 12.4. The maximum Gasteiger partial charge on any atom is 0.276 e. The minimum Gasteiger partial charge on any atom is -0.410 e. The number of hydrogen-bond acceptors (Lipinski definition) is 3. The van der Waals surface area contributed by atoms with Gasteiger partial charge in [0.1, 0.15) is 0 Å². The molecule has 104 valence electrons. The lowest BCUT2D eigenvalue weighted by atomic mass is 10.2. The Morgan fingerprint density at radius 3 is 2.00 bits per heavy atom. The number of hydrogen-bond donors (Lipinski definition) is 2. The van der Waals surface area contributed by atoms with Crippen LogP contribution in [0.15, 0.2) is 60.7 Å². The second-order valence-corrected chi connectivity index (χ2v) is 4.82. The summed E-state index contributed by atoms with van der Waals surface area (Å²) in [4.78, 5) is 12.4. The summed E-state index contributed by atoms with van der Waals surface area (Å²) in [7, 11) is 0. The molecule has 0 radical (unpaired) electrons. The smallest absolute Gasteiger partial charge is 0.276 e. The van der Waals surface area contributed by atoms with Crippen molar-refractivity contribution in [2.24, 2.45) is 0 Å². The molecular formula is C14H15N3OS2. The van der Waals surface area contributed by atoms with Gasteiger partial charge < -0.3 is 36.4 Å². The molecule has 0 heterocycles. The zero-order valence-corrected chi connectivity index (χ0v) is 12.6. The Labute approximate surface area is 128 Å². The van der Waals surface area contributed by atoms with E-state index in [9.17, 15) is 4.79 Å². The fourth-order valence-corrected chi connectivity index (χ4v) is 1.79. The van der Waals surface area contributed by atoms with Crippen LogP contribution in [0, 0.1) is 0 Å². The first-order chi connectivity index (χ1) is 9.18. The Balaban J connectivity index is 0.00000200. The number of anilines is 1. The zero-order chi connectivity index (χ0) is 13.7. The van der Waals surface area contributed by atoms with Crippen LogP contribution in [0.2, 0.25) is 0 Å². The van der Waals surface area contributed by atoms with Crippen LogP contribution in [0.5, 0.6) is 0 Å². The highest BCUT2D eigenvalue weighted by Crippen LogP contribution is 2.14. The van der Waals surface area contributed by atoms with Gasteiger partial charge in [-0.3, -0.25) is 4.79 Å². The van der Waals surface area contributed by atoms with E-state index in [2.05, 4.69) is 5.43 Å². The van der Waals surface area contributed by atoms with Gasteiger partial charge >= 0.3 is 0 Å². The molecule has 0 saturated heterocycles. The van der Waals surface area contributed by atoms with Crippen LogP contribution in [0.1, 0.15) is 10.4 Å². The van der Waals surface area contributed by atoms with E-state index in [4.69, 9.17) is 24.8 Å². The molecule has 0 spiro atoms. The van der Waals surface area contributed by atoms with Gasteiger partial charge in [0.05, 0.1) is 5.69 Å². The van der Waals surface area contributed by atoms with Gasteiger partial charge in [-0.15, -0.1) is 0 Å². The summed E-state index contributed by atoms with van der Waals surface area (Å²) in [5.74, 6) is -0.209. The summed E-state index contributed by atoms with van der Waals surface area (Å²) >= 11 is 9.70. The Kier molecular flexibility index (Phi) is 6.05. The molecule has 20 heavy (non-hydrogen) atoms. The number of rotatable bonds is 2. The number of para-hydroxylation sites is 1. The van der Waals surface area contributed by atoms with Crippen molar-refractivity contribution in [2.75, 3.05) is 5.01 Å². The predicted molar refractivity (Wildman–Crippen MR) is 88.8 cm³/mol. The standard InChI is InChI=1S/C14H12N2OS2.H3N/c17-13(11-7-3-1-4-8-11)16(15-14(18)19)12-9-5-2-6-10-12;/h1-10H,(H2,15,18,19);1H3. The molecule has 2 aromatic rings. The Hall–Kier alpha value is -2.02. The average Bonchev–Trinajstić information content (AvgIpc) is 2.46. The first kappa shape index (κ1) is 16.0. The molecule has 4 nitrogen and oxygen atoms in total. The van der Waals surface area contributed by atoms with Gasteiger partial charge in [0.2, 0.25) is 0 Å². The highest BCUT2D eigenvalue weighted by molar-refractivity contribution is 8.00. The van der Waals surface area contributed by atoms with E-state index >= 15 is 0 Å². The van der Waals surface area contributed by atoms with Crippen molar-refractivity contribution in [2.45, 2.75) is 0 Å². The second kappa shape index (κ2) is 7.54. The summed E-state index contributed by atoms with van der Waals surface area (Å²) in [5, 5.41) is 1.35. The monoisotopic (exact) mass is 305 g/mol. The van der Waals surface area contributed by atoms with Crippen molar-refractivity contribution in [1.29, 1.82) is 0 Å². The van der Waals surface area contributed by atoms with E-state index in [1.807, 2.05) is 36.4 Å². The molecule has 0 aliphatic heterocycles. The first-order valence-electron chi connectivity index (χ1n) is 5.60. The molecule has 0 bridgehead atoms. The van der Waals surface area contributed by atoms with Crippen molar-refractivity contribution < 1.29 is 4.79 Å². The van der Waals surface area contributed by atoms with Gasteiger partial charge in [0, 0.05) is 5.56 Å². The van der Waals surface area contributed by atoms with E-state index in [0.29, 0.717) is 11.3 Å². The zero-order valence-electron chi connectivity index (χ0n) is 10.9. The highest BCUT2D eigenvalue weighted by atomic mass is 32.1. The summed E-state index contributed by atoms with van der Waals surface area (Å²) < 4.78 is 0.119. The van der Waals surface area contributed by atoms with Crippen LogP contribution >= 0.6 is 12.2 Å². The average molecular weight is 305 g/mol. The third-order valence-electron chi connectivity index (χ3n) is 2.44. The minimum atomic E-state index is -0.209. The van der Waals surface area contributed by atoms with Gasteiger partial charge in [-0.25, -0.2) is 5.01 Å². The molecular weight excluding hydrogens is 290 g/mol. The maximum atomic E-state index is 12.4. The van der Waals surface area contributed by atoms with E-state index in [1.165, 1.54) is 5.01 Å². The van der Waals surface area contributed by atoms with Crippen LogP contribution in [-0.4, -0.2) is 10.2 Å². The summed E-state index contributed by atoms with van der Waals surface area (Å²) in [5.41, 5.74) is 3.97. The SMILES string of the molecule is O=C(c1ccccc1)N(NC(=S)[S-])c1ccccc1.[NH4+]. The number of quaternary nitrogens is 1. The molecule has 0 atom stereocenters. The van der Waals surface area contributed by atoms with Crippen LogP contribution in [0.3, 0.4) is 0 Å². The highest BCUT2D eigenvalue weighted by Gasteiger charge is 2.16. The summed E-state index contributed by atoms with van der Waals surface area (Å²) in [6, 6.07) is 18.1. The van der Waals surface area contributed by atoms with Crippen molar-refractivity contribution in [1.82, 2.24) is 11.6 Å². The molecule has 2 aromatic carbocycles. The molecule has 0 aliphatic rings. The molecule has 1 amide bonds. The van der Waals surface area contributed by atoms with E-state index < -0.39 is 0 Å². The number of amides is 1. The Morgan fingerprint density at radius 2 is 1.50 bits per heavy atom. The third-order valence-corrected chi connectivity index (χ3v) is 2.62. The lowest BCUT2D eigenvalue weighted by Crippen LogP contribution is -2.45. The molecule has 0 aromatic heterocycles. The third kappa shape index (κ3) is 3.99. The molecule has 0 fully saturated rings. The number of thiocarbonyl (C=S) groups is 1. The lowest BCUT2D eigenvalue weighted by Gasteiger charge is -2.26. The van der Waals surface area contributed by atoms with Gasteiger partial charge in [0.15, 0.2) is 0 Å². The molecule has 0 unspecified atom stereocenters.